The van der Waals surface area contributed by atoms with Crippen LogP contribution >= 0.6 is 11.6 Å². The number of hydrogen-bond acceptors (Lipinski definition) is 3. The summed E-state index contributed by atoms with van der Waals surface area (Å²) in [7, 11) is 0. The zero-order valence-electron chi connectivity index (χ0n) is 10.5. The average Bonchev–Trinajstić information content (AvgIpc) is 2.42. The zero-order valence-corrected chi connectivity index (χ0v) is 11.2. The molecular weight excluding hydrogens is 262 g/mol. The van der Waals surface area contributed by atoms with E-state index in [1.54, 1.807) is 30.5 Å². The van der Waals surface area contributed by atoms with Gasteiger partial charge in [0, 0.05) is 18.3 Å². The molecule has 0 aliphatic heterocycles. The SMILES string of the molecule is CCNc1cc(C(=O)Nc2ccccc2Cl)ccn1. The molecule has 0 fully saturated rings. The van der Waals surface area contributed by atoms with Crippen LogP contribution < -0.4 is 10.6 Å². The fourth-order valence-electron chi connectivity index (χ4n) is 1.61. The van der Waals surface area contributed by atoms with Crippen molar-refractivity contribution in [3.05, 3.63) is 53.2 Å². The summed E-state index contributed by atoms with van der Waals surface area (Å²) < 4.78 is 0. The fraction of sp³-hybridized carbons (Fsp3) is 0.143. The van der Waals surface area contributed by atoms with Gasteiger partial charge in [0.2, 0.25) is 0 Å². The Bertz CT molecular complexity index is 586. The van der Waals surface area contributed by atoms with E-state index in [4.69, 9.17) is 11.6 Å². The van der Waals surface area contributed by atoms with Gasteiger partial charge < -0.3 is 10.6 Å². The molecule has 0 atom stereocenters. The first-order chi connectivity index (χ1) is 9.20. The van der Waals surface area contributed by atoms with Crippen LogP contribution in [0, 0.1) is 0 Å². The Balaban J connectivity index is 2.16. The number of rotatable bonds is 4. The first-order valence-corrected chi connectivity index (χ1v) is 6.34. The number of aromatic nitrogens is 1. The zero-order chi connectivity index (χ0) is 13.7. The summed E-state index contributed by atoms with van der Waals surface area (Å²) >= 11 is 6.00. The van der Waals surface area contributed by atoms with Gasteiger partial charge in [0.25, 0.3) is 5.91 Å². The van der Waals surface area contributed by atoms with Gasteiger partial charge in [-0.25, -0.2) is 4.98 Å². The normalized spacial score (nSPS) is 10.0. The molecule has 0 saturated heterocycles. The predicted octanol–water partition coefficient (Wildman–Crippen LogP) is 3.42. The van der Waals surface area contributed by atoms with E-state index in [0.717, 1.165) is 6.54 Å². The molecule has 1 aromatic heterocycles. The number of pyridine rings is 1. The summed E-state index contributed by atoms with van der Waals surface area (Å²) in [5.74, 6) is 0.462. The third kappa shape index (κ3) is 3.45. The van der Waals surface area contributed by atoms with Crippen LogP contribution in [0.3, 0.4) is 0 Å². The second-order valence-electron chi connectivity index (χ2n) is 3.89. The largest absolute Gasteiger partial charge is 0.370 e. The number of benzene rings is 1. The Morgan fingerprint density at radius 1 is 1.32 bits per heavy atom. The first kappa shape index (κ1) is 13.4. The van der Waals surface area contributed by atoms with Gasteiger partial charge in [-0.3, -0.25) is 4.79 Å². The number of carbonyl (C=O) groups excluding carboxylic acids is 1. The van der Waals surface area contributed by atoms with Crippen molar-refractivity contribution in [3.63, 3.8) is 0 Å². The van der Waals surface area contributed by atoms with Crippen molar-refractivity contribution in [1.29, 1.82) is 0 Å². The van der Waals surface area contributed by atoms with Crippen LogP contribution in [0.5, 0.6) is 0 Å². The summed E-state index contributed by atoms with van der Waals surface area (Å²) in [5, 5.41) is 6.34. The van der Waals surface area contributed by atoms with Gasteiger partial charge in [0.1, 0.15) is 5.82 Å². The Morgan fingerprint density at radius 2 is 2.11 bits per heavy atom. The van der Waals surface area contributed by atoms with E-state index in [1.165, 1.54) is 0 Å². The van der Waals surface area contributed by atoms with E-state index < -0.39 is 0 Å². The molecule has 5 heteroatoms. The molecule has 4 nitrogen and oxygen atoms in total. The number of nitrogens with one attached hydrogen (secondary N) is 2. The fourth-order valence-corrected chi connectivity index (χ4v) is 1.79. The van der Waals surface area contributed by atoms with Gasteiger partial charge in [0.05, 0.1) is 10.7 Å². The number of anilines is 2. The molecule has 2 N–H and O–H groups in total. The molecule has 0 aliphatic rings. The average molecular weight is 276 g/mol. The van der Waals surface area contributed by atoms with Crippen molar-refractivity contribution < 1.29 is 4.79 Å². The van der Waals surface area contributed by atoms with E-state index in [9.17, 15) is 4.79 Å². The Labute approximate surface area is 116 Å². The van der Waals surface area contributed by atoms with Gasteiger partial charge in [-0.2, -0.15) is 0 Å². The number of hydrogen-bond donors (Lipinski definition) is 2. The molecule has 0 unspecified atom stereocenters. The van der Waals surface area contributed by atoms with Crippen LogP contribution in [0.2, 0.25) is 5.02 Å². The van der Waals surface area contributed by atoms with Crippen molar-refractivity contribution >= 4 is 29.0 Å². The van der Waals surface area contributed by atoms with E-state index in [1.807, 2.05) is 19.1 Å². The lowest BCUT2D eigenvalue weighted by Crippen LogP contribution is -2.13. The molecule has 19 heavy (non-hydrogen) atoms. The number of para-hydroxylation sites is 1. The van der Waals surface area contributed by atoms with Crippen molar-refractivity contribution in [2.45, 2.75) is 6.92 Å². The molecule has 0 saturated carbocycles. The minimum Gasteiger partial charge on any atom is -0.370 e. The highest BCUT2D eigenvalue weighted by atomic mass is 35.5. The quantitative estimate of drug-likeness (QED) is 0.899. The van der Waals surface area contributed by atoms with Crippen molar-refractivity contribution in [3.8, 4) is 0 Å². The second-order valence-corrected chi connectivity index (χ2v) is 4.30. The van der Waals surface area contributed by atoms with E-state index in [0.29, 0.717) is 22.1 Å². The minimum atomic E-state index is -0.213. The molecule has 1 amide bonds. The summed E-state index contributed by atoms with van der Waals surface area (Å²) in [6.45, 7) is 2.72. The standard InChI is InChI=1S/C14H14ClN3O/c1-2-16-13-9-10(7-8-17-13)14(19)18-12-6-4-3-5-11(12)15/h3-9H,2H2,1H3,(H,16,17)(H,18,19). The van der Waals surface area contributed by atoms with Crippen LogP contribution in [0.1, 0.15) is 17.3 Å². The summed E-state index contributed by atoms with van der Waals surface area (Å²) in [6, 6.07) is 10.5. The molecule has 2 rings (SSSR count). The maximum Gasteiger partial charge on any atom is 0.255 e. The van der Waals surface area contributed by atoms with Crippen molar-refractivity contribution in [2.75, 3.05) is 17.2 Å². The number of amides is 1. The first-order valence-electron chi connectivity index (χ1n) is 5.96. The van der Waals surface area contributed by atoms with Gasteiger partial charge in [0.15, 0.2) is 0 Å². The van der Waals surface area contributed by atoms with Crippen LogP contribution in [0.4, 0.5) is 11.5 Å². The molecule has 0 aliphatic carbocycles. The lowest BCUT2D eigenvalue weighted by atomic mass is 10.2. The molecule has 2 aromatic rings. The van der Waals surface area contributed by atoms with E-state index in [2.05, 4.69) is 15.6 Å². The van der Waals surface area contributed by atoms with Crippen LogP contribution in [0.25, 0.3) is 0 Å². The molecule has 0 spiro atoms. The number of halogens is 1. The molecule has 1 aromatic carbocycles. The Kier molecular flexibility index (Phi) is 4.36. The predicted molar refractivity (Wildman–Crippen MR) is 77.8 cm³/mol. The number of nitrogens with zero attached hydrogens (tertiary/aromatic N) is 1. The van der Waals surface area contributed by atoms with E-state index in [-0.39, 0.29) is 5.91 Å². The minimum absolute atomic E-state index is 0.213. The Hall–Kier alpha value is -2.07. The molecule has 1 heterocycles. The second kappa shape index (κ2) is 6.20. The van der Waals surface area contributed by atoms with Crippen LogP contribution in [-0.4, -0.2) is 17.4 Å². The van der Waals surface area contributed by atoms with Gasteiger partial charge in [-0.1, -0.05) is 23.7 Å². The third-order valence-corrected chi connectivity index (χ3v) is 2.83. The molecular formula is C14H14ClN3O. The van der Waals surface area contributed by atoms with Gasteiger partial charge in [-0.15, -0.1) is 0 Å². The summed E-state index contributed by atoms with van der Waals surface area (Å²) in [6.07, 6.45) is 1.60. The lowest BCUT2D eigenvalue weighted by molar-refractivity contribution is 0.102. The highest BCUT2D eigenvalue weighted by Crippen LogP contribution is 2.21. The van der Waals surface area contributed by atoms with Crippen LogP contribution in [0.15, 0.2) is 42.6 Å². The highest BCUT2D eigenvalue weighted by molar-refractivity contribution is 6.33. The number of carbonyl (C=O) groups is 1. The summed E-state index contributed by atoms with van der Waals surface area (Å²) in [5.41, 5.74) is 1.13. The Morgan fingerprint density at radius 3 is 2.84 bits per heavy atom. The third-order valence-electron chi connectivity index (χ3n) is 2.50. The van der Waals surface area contributed by atoms with Gasteiger partial charge >= 0.3 is 0 Å². The lowest BCUT2D eigenvalue weighted by Gasteiger charge is -2.08. The highest BCUT2D eigenvalue weighted by Gasteiger charge is 2.08. The monoisotopic (exact) mass is 275 g/mol. The maximum absolute atomic E-state index is 12.1. The van der Waals surface area contributed by atoms with Crippen molar-refractivity contribution in [1.82, 2.24) is 4.98 Å². The summed E-state index contributed by atoms with van der Waals surface area (Å²) in [4.78, 5) is 16.2. The van der Waals surface area contributed by atoms with Crippen molar-refractivity contribution in [2.24, 2.45) is 0 Å². The topological polar surface area (TPSA) is 54.0 Å². The molecule has 0 radical (unpaired) electrons. The van der Waals surface area contributed by atoms with E-state index >= 15 is 0 Å². The van der Waals surface area contributed by atoms with Gasteiger partial charge in [-0.05, 0) is 31.2 Å². The van der Waals surface area contributed by atoms with Crippen LogP contribution in [-0.2, 0) is 0 Å². The molecule has 0 bridgehead atoms. The molecule has 98 valence electrons. The smallest absolute Gasteiger partial charge is 0.255 e. The maximum atomic E-state index is 12.1.